The predicted octanol–water partition coefficient (Wildman–Crippen LogP) is 3.28. The maximum Gasteiger partial charge on any atom is 0.231 e. The number of piperidine rings is 1. The molecule has 2 aliphatic heterocycles. The molecule has 1 fully saturated rings. The smallest absolute Gasteiger partial charge is 0.231 e. The molecule has 0 saturated carbocycles. The number of thiazole rings is 1. The van der Waals surface area contributed by atoms with Gasteiger partial charge in [0.1, 0.15) is 10.3 Å². The number of hydrogen-bond donors (Lipinski definition) is 1. The molecule has 0 aliphatic carbocycles. The molecule has 0 radical (unpaired) electrons. The number of ether oxygens (including phenoxy) is 2. The van der Waals surface area contributed by atoms with E-state index in [-0.39, 0.29) is 18.6 Å². The van der Waals surface area contributed by atoms with Gasteiger partial charge in [0.15, 0.2) is 16.6 Å². The van der Waals surface area contributed by atoms with Crippen LogP contribution in [0.25, 0.3) is 10.3 Å². The third-order valence-electron chi connectivity index (χ3n) is 4.86. The summed E-state index contributed by atoms with van der Waals surface area (Å²) in [5.41, 5.74) is 1.63. The Kier molecular flexibility index (Phi) is 4.05. The van der Waals surface area contributed by atoms with E-state index < -0.39 is 0 Å². The highest BCUT2D eigenvalue weighted by molar-refractivity contribution is 7.21. The minimum Gasteiger partial charge on any atom is -0.454 e. The van der Waals surface area contributed by atoms with Gasteiger partial charge in [0, 0.05) is 31.0 Å². The summed E-state index contributed by atoms with van der Waals surface area (Å²) in [6.07, 6.45) is 3.61. The quantitative estimate of drug-likeness (QED) is 0.749. The van der Waals surface area contributed by atoms with Crippen LogP contribution >= 0.6 is 11.3 Å². The van der Waals surface area contributed by atoms with Gasteiger partial charge >= 0.3 is 0 Å². The molecule has 27 heavy (non-hydrogen) atoms. The molecule has 0 bridgehead atoms. The van der Waals surface area contributed by atoms with Crippen molar-refractivity contribution in [2.75, 3.05) is 30.1 Å². The number of aromatic nitrogens is 2. The largest absolute Gasteiger partial charge is 0.454 e. The molecule has 5 rings (SSSR count). The highest BCUT2D eigenvalue weighted by atomic mass is 32.1. The van der Waals surface area contributed by atoms with Gasteiger partial charge in [0.25, 0.3) is 0 Å². The fourth-order valence-corrected chi connectivity index (χ4v) is 4.42. The van der Waals surface area contributed by atoms with E-state index in [0.717, 1.165) is 40.6 Å². The van der Waals surface area contributed by atoms with Crippen LogP contribution < -0.4 is 19.7 Å². The Morgan fingerprint density at radius 2 is 2.19 bits per heavy atom. The first kappa shape index (κ1) is 16.3. The molecule has 3 aromatic rings. The van der Waals surface area contributed by atoms with Crippen molar-refractivity contribution < 1.29 is 14.3 Å². The first-order chi connectivity index (χ1) is 13.3. The fraction of sp³-hybridized carbons (Fsp3) is 0.316. The van der Waals surface area contributed by atoms with Crippen molar-refractivity contribution in [1.29, 1.82) is 0 Å². The highest BCUT2D eigenvalue weighted by Gasteiger charge is 2.28. The van der Waals surface area contributed by atoms with E-state index in [1.54, 1.807) is 23.6 Å². The molecule has 8 heteroatoms. The second-order valence-corrected chi connectivity index (χ2v) is 7.62. The summed E-state index contributed by atoms with van der Waals surface area (Å²) in [7, 11) is 0. The molecular weight excluding hydrogens is 364 g/mol. The van der Waals surface area contributed by atoms with Crippen molar-refractivity contribution in [2.45, 2.75) is 12.8 Å². The molecule has 1 N–H and O–H groups in total. The summed E-state index contributed by atoms with van der Waals surface area (Å²) < 4.78 is 10.7. The fourth-order valence-electron chi connectivity index (χ4n) is 3.48. The number of benzene rings is 1. The summed E-state index contributed by atoms with van der Waals surface area (Å²) in [6.45, 7) is 1.80. The number of anilines is 2. The molecule has 2 aromatic heterocycles. The van der Waals surface area contributed by atoms with Crippen molar-refractivity contribution in [1.82, 2.24) is 9.97 Å². The number of amides is 1. The van der Waals surface area contributed by atoms with E-state index in [1.807, 2.05) is 24.3 Å². The van der Waals surface area contributed by atoms with Crippen molar-refractivity contribution in [2.24, 2.45) is 5.92 Å². The summed E-state index contributed by atoms with van der Waals surface area (Å²) >= 11 is 1.58. The van der Waals surface area contributed by atoms with Gasteiger partial charge in [-0.15, -0.1) is 0 Å². The molecule has 4 heterocycles. The lowest BCUT2D eigenvalue weighted by Crippen LogP contribution is -2.40. The zero-order chi connectivity index (χ0) is 18.2. The molecule has 2 aliphatic rings. The molecule has 1 aromatic carbocycles. The third kappa shape index (κ3) is 3.16. The van der Waals surface area contributed by atoms with Crippen LogP contribution in [0.2, 0.25) is 0 Å². The SMILES string of the molecule is O=C(Nc1ccc2c(c1)OCO2)[C@@H]1CCCN(c2nc3cccnc3s2)C1. The minimum atomic E-state index is -0.0795. The average molecular weight is 382 g/mol. The molecule has 0 spiro atoms. The van der Waals surface area contributed by atoms with Crippen molar-refractivity contribution in [3.8, 4) is 11.5 Å². The maximum atomic E-state index is 12.8. The topological polar surface area (TPSA) is 76.6 Å². The van der Waals surface area contributed by atoms with Crippen LogP contribution in [0.15, 0.2) is 36.5 Å². The zero-order valence-electron chi connectivity index (χ0n) is 14.6. The van der Waals surface area contributed by atoms with Crippen LogP contribution in [0.3, 0.4) is 0 Å². The van der Waals surface area contributed by atoms with Crippen LogP contribution in [-0.2, 0) is 4.79 Å². The Morgan fingerprint density at radius 1 is 1.26 bits per heavy atom. The molecular formula is C19H18N4O3S. The number of carbonyl (C=O) groups is 1. The monoisotopic (exact) mass is 382 g/mol. The Morgan fingerprint density at radius 3 is 3.11 bits per heavy atom. The lowest BCUT2D eigenvalue weighted by atomic mass is 9.97. The van der Waals surface area contributed by atoms with E-state index in [9.17, 15) is 4.79 Å². The van der Waals surface area contributed by atoms with Crippen molar-refractivity contribution in [3.05, 3.63) is 36.5 Å². The first-order valence-electron chi connectivity index (χ1n) is 8.93. The molecule has 0 unspecified atom stereocenters. The summed E-state index contributed by atoms with van der Waals surface area (Å²) in [5.74, 6) is 1.32. The van der Waals surface area contributed by atoms with Gasteiger partial charge in [-0.05, 0) is 37.1 Å². The second kappa shape index (κ2) is 6.70. The molecule has 138 valence electrons. The van der Waals surface area contributed by atoms with E-state index in [1.165, 1.54) is 0 Å². The Balaban J connectivity index is 1.29. The van der Waals surface area contributed by atoms with Crippen LogP contribution in [0.4, 0.5) is 10.8 Å². The van der Waals surface area contributed by atoms with E-state index in [2.05, 4.69) is 20.2 Å². The highest BCUT2D eigenvalue weighted by Crippen LogP contribution is 2.35. The summed E-state index contributed by atoms with van der Waals surface area (Å²) in [6, 6.07) is 9.32. The van der Waals surface area contributed by atoms with Gasteiger partial charge in [0.05, 0.1) is 5.92 Å². The van der Waals surface area contributed by atoms with Crippen molar-refractivity contribution in [3.63, 3.8) is 0 Å². The number of carbonyl (C=O) groups excluding carboxylic acids is 1. The van der Waals surface area contributed by atoms with Gasteiger partial charge in [0.2, 0.25) is 12.7 Å². The lowest BCUT2D eigenvalue weighted by molar-refractivity contribution is -0.120. The Hall–Kier alpha value is -2.87. The lowest BCUT2D eigenvalue weighted by Gasteiger charge is -2.31. The summed E-state index contributed by atoms with van der Waals surface area (Å²) in [5, 5.41) is 3.94. The summed E-state index contributed by atoms with van der Waals surface area (Å²) in [4.78, 5) is 24.9. The predicted molar refractivity (Wildman–Crippen MR) is 104 cm³/mol. The second-order valence-electron chi connectivity index (χ2n) is 6.67. The Bertz CT molecular complexity index is 973. The van der Waals surface area contributed by atoms with Crippen LogP contribution in [0, 0.1) is 5.92 Å². The molecule has 1 saturated heterocycles. The minimum absolute atomic E-state index is 0.0257. The maximum absolute atomic E-state index is 12.8. The number of fused-ring (bicyclic) bond motifs is 2. The molecule has 1 amide bonds. The number of hydrogen-bond acceptors (Lipinski definition) is 7. The zero-order valence-corrected chi connectivity index (χ0v) is 15.4. The van der Waals surface area contributed by atoms with Gasteiger partial charge in [-0.2, -0.15) is 0 Å². The standard InChI is InChI=1S/C19H18N4O3S/c24-17(21-13-5-6-15-16(9-13)26-11-25-15)12-3-2-8-23(10-12)19-22-14-4-1-7-20-18(14)27-19/h1,4-7,9,12H,2-3,8,10-11H2,(H,21,24)/t12-/m1/s1. The number of nitrogens with zero attached hydrogens (tertiary/aromatic N) is 3. The molecule has 1 atom stereocenters. The Labute approximate surface area is 159 Å². The van der Waals surface area contributed by atoms with E-state index in [0.29, 0.717) is 18.0 Å². The van der Waals surface area contributed by atoms with Gasteiger partial charge in [-0.25, -0.2) is 9.97 Å². The van der Waals surface area contributed by atoms with Crippen molar-refractivity contribution >= 4 is 38.4 Å². The van der Waals surface area contributed by atoms with Crippen LogP contribution in [-0.4, -0.2) is 35.8 Å². The number of nitrogens with one attached hydrogen (secondary N) is 1. The van der Waals surface area contributed by atoms with Gasteiger partial charge in [-0.1, -0.05) is 11.3 Å². The first-order valence-corrected chi connectivity index (χ1v) is 9.75. The van der Waals surface area contributed by atoms with Crippen LogP contribution in [0.1, 0.15) is 12.8 Å². The van der Waals surface area contributed by atoms with E-state index in [4.69, 9.17) is 9.47 Å². The van der Waals surface area contributed by atoms with Gasteiger partial charge < -0.3 is 19.7 Å². The number of rotatable bonds is 3. The van der Waals surface area contributed by atoms with Gasteiger partial charge in [-0.3, -0.25) is 4.79 Å². The van der Waals surface area contributed by atoms with Crippen LogP contribution in [0.5, 0.6) is 11.5 Å². The van der Waals surface area contributed by atoms with E-state index >= 15 is 0 Å². The normalized spacial score (nSPS) is 18.7. The average Bonchev–Trinajstić information content (AvgIpc) is 3.34. The molecule has 7 nitrogen and oxygen atoms in total. The number of pyridine rings is 1. The third-order valence-corrected chi connectivity index (χ3v) is 5.90.